The van der Waals surface area contributed by atoms with E-state index in [2.05, 4.69) is 9.99 Å². The van der Waals surface area contributed by atoms with Gasteiger partial charge in [-0.15, -0.1) is 0 Å². The van der Waals surface area contributed by atoms with Crippen LogP contribution >= 0.6 is 0 Å². The summed E-state index contributed by atoms with van der Waals surface area (Å²) < 4.78 is 52.4. The fourth-order valence-electron chi connectivity index (χ4n) is 1.65. The molecular formula is C15H9F4NO2. The number of rotatable bonds is 3. The van der Waals surface area contributed by atoms with Gasteiger partial charge in [0, 0.05) is 17.7 Å². The average Bonchev–Trinajstić information content (AvgIpc) is 2.44. The van der Waals surface area contributed by atoms with Crippen LogP contribution in [0, 0.1) is 23.3 Å². The Hall–Kier alpha value is -2.70. The third-order valence-electron chi connectivity index (χ3n) is 2.74. The number of oxime groups is 1. The van der Waals surface area contributed by atoms with Crippen molar-refractivity contribution in [2.45, 2.75) is 6.92 Å². The fourth-order valence-corrected chi connectivity index (χ4v) is 1.65. The van der Waals surface area contributed by atoms with Gasteiger partial charge in [0.05, 0.1) is 11.3 Å². The summed E-state index contributed by atoms with van der Waals surface area (Å²) >= 11 is 0. The van der Waals surface area contributed by atoms with Gasteiger partial charge in [-0.1, -0.05) is 5.16 Å². The molecule has 2 rings (SSSR count). The van der Waals surface area contributed by atoms with Crippen molar-refractivity contribution in [3.63, 3.8) is 0 Å². The van der Waals surface area contributed by atoms with Crippen LogP contribution in [0.3, 0.4) is 0 Å². The standard InChI is InChI=1S/C15H9F4NO2/c1-8(11-4-2-9(16)6-13(11)18)20-22-15(21)12-5-3-10(17)7-14(12)19/h2-7H,1H3/b20-8-. The third-order valence-corrected chi connectivity index (χ3v) is 2.74. The Balaban J connectivity index is 2.18. The summed E-state index contributed by atoms with van der Waals surface area (Å²) in [6.07, 6.45) is 0. The first kappa shape index (κ1) is 15.7. The summed E-state index contributed by atoms with van der Waals surface area (Å²) in [5, 5.41) is 3.37. The molecule has 0 fully saturated rings. The van der Waals surface area contributed by atoms with Crippen LogP contribution in [0.15, 0.2) is 41.6 Å². The Labute approximate surface area is 122 Å². The Morgan fingerprint density at radius 3 is 1.91 bits per heavy atom. The van der Waals surface area contributed by atoms with E-state index in [1.165, 1.54) is 6.92 Å². The molecule has 3 nitrogen and oxygen atoms in total. The van der Waals surface area contributed by atoms with E-state index in [0.29, 0.717) is 12.1 Å². The molecule has 0 unspecified atom stereocenters. The van der Waals surface area contributed by atoms with E-state index in [1.807, 2.05) is 0 Å². The van der Waals surface area contributed by atoms with Crippen molar-refractivity contribution in [1.29, 1.82) is 0 Å². The van der Waals surface area contributed by atoms with Gasteiger partial charge < -0.3 is 4.84 Å². The summed E-state index contributed by atoms with van der Waals surface area (Å²) in [5.41, 5.74) is -0.639. The fraction of sp³-hybridized carbons (Fsp3) is 0.0667. The van der Waals surface area contributed by atoms with E-state index in [9.17, 15) is 22.4 Å². The maximum atomic E-state index is 13.5. The Kier molecular flexibility index (Phi) is 4.55. The molecular weight excluding hydrogens is 302 g/mol. The molecule has 7 heteroatoms. The minimum Gasteiger partial charge on any atom is -0.312 e. The molecule has 2 aromatic rings. The highest BCUT2D eigenvalue weighted by atomic mass is 19.1. The van der Waals surface area contributed by atoms with E-state index in [1.54, 1.807) is 0 Å². The molecule has 22 heavy (non-hydrogen) atoms. The zero-order valence-corrected chi connectivity index (χ0v) is 11.2. The molecule has 0 saturated heterocycles. The summed E-state index contributed by atoms with van der Waals surface area (Å²) in [7, 11) is 0. The number of hydrogen-bond donors (Lipinski definition) is 0. The van der Waals surface area contributed by atoms with Crippen molar-refractivity contribution < 1.29 is 27.2 Å². The molecule has 114 valence electrons. The lowest BCUT2D eigenvalue weighted by Crippen LogP contribution is -2.07. The lowest BCUT2D eigenvalue weighted by molar-refractivity contribution is 0.0511. The minimum absolute atomic E-state index is 0.0478. The van der Waals surface area contributed by atoms with Crippen molar-refractivity contribution in [3.05, 3.63) is 70.8 Å². The highest BCUT2D eigenvalue weighted by Gasteiger charge is 2.15. The second-order valence-electron chi connectivity index (χ2n) is 4.30. The first-order valence-electron chi connectivity index (χ1n) is 6.05. The second-order valence-corrected chi connectivity index (χ2v) is 4.30. The van der Waals surface area contributed by atoms with Crippen LogP contribution in [0.1, 0.15) is 22.8 Å². The van der Waals surface area contributed by atoms with Gasteiger partial charge in [0.2, 0.25) is 0 Å². The monoisotopic (exact) mass is 311 g/mol. The van der Waals surface area contributed by atoms with Crippen molar-refractivity contribution in [3.8, 4) is 0 Å². The molecule has 0 aliphatic carbocycles. The number of hydrogen-bond acceptors (Lipinski definition) is 3. The SMILES string of the molecule is C/C(=N/OC(=O)c1ccc(F)cc1F)c1ccc(F)cc1F. The summed E-state index contributed by atoms with van der Waals surface area (Å²) in [5.74, 6) is -4.77. The molecule has 0 N–H and O–H groups in total. The maximum Gasteiger partial charge on any atom is 0.368 e. The van der Waals surface area contributed by atoms with Crippen LogP contribution in [0.2, 0.25) is 0 Å². The van der Waals surface area contributed by atoms with Gasteiger partial charge in [0.1, 0.15) is 23.3 Å². The lowest BCUT2D eigenvalue weighted by Gasteiger charge is -2.03. The molecule has 0 radical (unpaired) electrons. The van der Waals surface area contributed by atoms with Crippen LogP contribution in [0.25, 0.3) is 0 Å². The number of nitrogens with zero attached hydrogens (tertiary/aromatic N) is 1. The van der Waals surface area contributed by atoms with E-state index < -0.39 is 34.8 Å². The van der Waals surface area contributed by atoms with Crippen molar-refractivity contribution in [2.24, 2.45) is 5.16 Å². The Morgan fingerprint density at radius 1 is 0.909 bits per heavy atom. The summed E-state index contributed by atoms with van der Waals surface area (Å²) in [4.78, 5) is 16.1. The average molecular weight is 311 g/mol. The number of carbonyl (C=O) groups excluding carboxylic acids is 1. The smallest absolute Gasteiger partial charge is 0.312 e. The van der Waals surface area contributed by atoms with Gasteiger partial charge in [0.15, 0.2) is 0 Å². The van der Waals surface area contributed by atoms with Gasteiger partial charge in [-0.3, -0.25) is 0 Å². The van der Waals surface area contributed by atoms with Crippen molar-refractivity contribution >= 4 is 11.7 Å². The topological polar surface area (TPSA) is 38.7 Å². The lowest BCUT2D eigenvalue weighted by atomic mass is 10.1. The molecule has 0 aromatic heterocycles. The highest BCUT2D eigenvalue weighted by molar-refractivity contribution is 5.99. The quantitative estimate of drug-likeness (QED) is 0.374. The van der Waals surface area contributed by atoms with Crippen LogP contribution in [-0.4, -0.2) is 11.7 Å². The van der Waals surface area contributed by atoms with Crippen LogP contribution in [-0.2, 0) is 4.84 Å². The first-order chi connectivity index (χ1) is 10.4. The van der Waals surface area contributed by atoms with Gasteiger partial charge in [-0.2, -0.15) is 0 Å². The molecule has 0 saturated carbocycles. The zero-order valence-electron chi connectivity index (χ0n) is 11.2. The molecule has 0 spiro atoms. The van der Waals surface area contributed by atoms with Gasteiger partial charge in [-0.05, 0) is 31.2 Å². The number of benzene rings is 2. The second kappa shape index (κ2) is 6.38. The number of halogens is 4. The van der Waals surface area contributed by atoms with E-state index >= 15 is 0 Å². The van der Waals surface area contributed by atoms with Crippen LogP contribution < -0.4 is 0 Å². The van der Waals surface area contributed by atoms with Crippen LogP contribution in [0.4, 0.5) is 17.6 Å². The van der Waals surface area contributed by atoms with E-state index in [-0.39, 0.29) is 11.3 Å². The molecule has 0 bridgehead atoms. The molecule has 0 aliphatic heterocycles. The van der Waals surface area contributed by atoms with Crippen molar-refractivity contribution in [2.75, 3.05) is 0 Å². The number of carbonyl (C=O) groups is 1. The Bertz CT molecular complexity index is 759. The Morgan fingerprint density at radius 2 is 1.41 bits per heavy atom. The third kappa shape index (κ3) is 3.49. The summed E-state index contributed by atoms with van der Waals surface area (Å²) in [6, 6.07) is 5.09. The maximum absolute atomic E-state index is 13.5. The predicted octanol–water partition coefficient (Wildman–Crippen LogP) is 3.82. The molecule has 0 aliphatic rings. The molecule has 0 heterocycles. The minimum atomic E-state index is -1.17. The molecule has 2 aromatic carbocycles. The first-order valence-corrected chi connectivity index (χ1v) is 6.05. The van der Waals surface area contributed by atoms with Crippen LogP contribution in [0.5, 0.6) is 0 Å². The molecule has 0 amide bonds. The molecule has 0 atom stereocenters. The summed E-state index contributed by atoms with van der Waals surface area (Å²) in [6.45, 7) is 1.32. The largest absolute Gasteiger partial charge is 0.368 e. The highest BCUT2D eigenvalue weighted by Crippen LogP contribution is 2.13. The van der Waals surface area contributed by atoms with Gasteiger partial charge in [-0.25, -0.2) is 22.4 Å². The normalized spacial score (nSPS) is 11.4. The predicted molar refractivity (Wildman–Crippen MR) is 70.3 cm³/mol. The van der Waals surface area contributed by atoms with E-state index in [0.717, 1.165) is 24.3 Å². The van der Waals surface area contributed by atoms with Crippen molar-refractivity contribution in [1.82, 2.24) is 0 Å². The zero-order chi connectivity index (χ0) is 16.3. The van der Waals surface area contributed by atoms with Gasteiger partial charge >= 0.3 is 5.97 Å². The van der Waals surface area contributed by atoms with E-state index in [4.69, 9.17) is 0 Å². The van der Waals surface area contributed by atoms with Gasteiger partial charge in [0.25, 0.3) is 0 Å².